The summed E-state index contributed by atoms with van der Waals surface area (Å²) < 4.78 is 13.1. The third kappa shape index (κ3) is 6.48. The first kappa shape index (κ1) is 25.1. The normalized spacial score (nSPS) is 15.2. The number of aliphatic hydroxyl groups is 1. The standard InChI is InChI=1S/C25H29FN6O2/c1-18(29-21-5-3-20(26)4-6-21)23(17-28)25(34)30-22-7-8-24(19(15-22)16-27)32-10-2-9-31(11-12-32)13-14-33/h3-8,15,17,28-29,33H,2,9-14H2,1H3,(H,30,34)/p+1/b23-18+,28-17?. The molecule has 2 aromatic rings. The lowest BCUT2D eigenvalue weighted by molar-refractivity contribution is -0.517. The van der Waals surface area contributed by atoms with Crippen molar-refractivity contribution in [2.45, 2.75) is 13.3 Å². The molecule has 0 radical (unpaired) electrons. The summed E-state index contributed by atoms with van der Waals surface area (Å²) in [4.78, 5) is 17.2. The van der Waals surface area contributed by atoms with Gasteiger partial charge in [0, 0.05) is 57.1 Å². The van der Waals surface area contributed by atoms with Gasteiger partial charge in [-0.2, -0.15) is 5.26 Å². The number of allylic oxidation sites excluding steroid dienone is 1. The SMILES string of the molecule is C/C([NH2+]c1ccc(F)cc1)=C(/C=N)C(=O)Nc1ccc(N2CCCN(CCO)CC2)c(C#N)c1. The van der Waals surface area contributed by atoms with Crippen molar-refractivity contribution in [1.82, 2.24) is 4.90 Å². The van der Waals surface area contributed by atoms with E-state index in [2.05, 4.69) is 21.2 Å². The van der Waals surface area contributed by atoms with Gasteiger partial charge in [-0.15, -0.1) is 0 Å². The van der Waals surface area contributed by atoms with Gasteiger partial charge in [-0.3, -0.25) is 15.0 Å². The van der Waals surface area contributed by atoms with E-state index in [1.54, 1.807) is 36.5 Å². The number of hydrogen-bond acceptors (Lipinski definition) is 6. The summed E-state index contributed by atoms with van der Waals surface area (Å²) >= 11 is 0. The topological polar surface area (TPSA) is 120 Å². The lowest BCUT2D eigenvalue weighted by Crippen LogP contribution is -2.75. The van der Waals surface area contributed by atoms with E-state index in [-0.39, 0.29) is 18.0 Å². The summed E-state index contributed by atoms with van der Waals surface area (Å²) in [6, 6.07) is 13.3. The Hall–Kier alpha value is -3.58. The van der Waals surface area contributed by atoms with E-state index >= 15 is 0 Å². The van der Waals surface area contributed by atoms with Crippen molar-refractivity contribution in [1.29, 1.82) is 10.7 Å². The van der Waals surface area contributed by atoms with Gasteiger partial charge in [0.25, 0.3) is 5.91 Å². The summed E-state index contributed by atoms with van der Waals surface area (Å²) in [5.41, 5.74) is 3.20. The highest BCUT2D eigenvalue weighted by Crippen LogP contribution is 2.25. The van der Waals surface area contributed by atoms with E-state index in [1.165, 1.54) is 12.1 Å². The zero-order chi connectivity index (χ0) is 24.5. The van der Waals surface area contributed by atoms with Gasteiger partial charge < -0.3 is 20.7 Å². The maximum atomic E-state index is 13.1. The number of β-amino-alcohol motifs (C(OH)–C–C–N with tert-alkyl or cyclic N) is 1. The van der Waals surface area contributed by atoms with Crippen molar-refractivity contribution in [3.8, 4) is 6.07 Å². The molecule has 1 heterocycles. The van der Waals surface area contributed by atoms with Crippen molar-refractivity contribution in [2.75, 3.05) is 49.5 Å². The molecule has 0 spiro atoms. The van der Waals surface area contributed by atoms with Gasteiger partial charge in [0.15, 0.2) is 0 Å². The summed E-state index contributed by atoms with van der Waals surface area (Å²) in [5.74, 6) is -0.805. The van der Waals surface area contributed by atoms with E-state index in [0.717, 1.165) is 50.2 Å². The molecule has 3 rings (SSSR count). The van der Waals surface area contributed by atoms with E-state index in [1.807, 2.05) is 6.07 Å². The Labute approximate surface area is 198 Å². The van der Waals surface area contributed by atoms with Crippen LogP contribution in [0, 0.1) is 22.6 Å². The molecule has 2 aromatic carbocycles. The number of hydrogen-bond donors (Lipinski definition) is 4. The van der Waals surface area contributed by atoms with Crippen LogP contribution in [-0.4, -0.2) is 61.5 Å². The number of carbonyl (C=O) groups excluding carboxylic acids is 1. The van der Waals surface area contributed by atoms with Crippen LogP contribution in [0.4, 0.5) is 21.5 Å². The number of nitrogens with two attached hydrogens (primary N) is 1. The predicted molar refractivity (Wildman–Crippen MR) is 130 cm³/mol. The minimum absolute atomic E-state index is 0.130. The summed E-state index contributed by atoms with van der Waals surface area (Å²) in [7, 11) is 0. The Morgan fingerprint density at radius 1 is 1.24 bits per heavy atom. The molecule has 1 fully saturated rings. The summed E-state index contributed by atoms with van der Waals surface area (Å²) in [5, 5.41) is 31.1. The number of anilines is 2. The largest absolute Gasteiger partial charge is 0.395 e. The van der Waals surface area contributed by atoms with Crippen LogP contribution in [0.2, 0.25) is 0 Å². The van der Waals surface area contributed by atoms with Crippen LogP contribution in [0.3, 0.4) is 0 Å². The van der Waals surface area contributed by atoms with Gasteiger partial charge in [-0.25, -0.2) is 4.39 Å². The van der Waals surface area contributed by atoms with Crippen molar-refractivity contribution in [2.24, 2.45) is 0 Å². The van der Waals surface area contributed by atoms with Gasteiger partial charge in [0.2, 0.25) is 0 Å². The molecule has 8 nitrogen and oxygen atoms in total. The first-order chi connectivity index (χ1) is 16.4. The minimum atomic E-state index is -0.461. The van der Waals surface area contributed by atoms with Gasteiger partial charge >= 0.3 is 0 Å². The van der Waals surface area contributed by atoms with Crippen molar-refractivity contribution >= 4 is 29.2 Å². The first-order valence-electron chi connectivity index (χ1n) is 11.2. The minimum Gasteiger partial charge on any atom is -0.395 e. The molecule has 1 aliphatic heterocycles. The van der Waals surface area contributed by atoms with Crippen LogP contribution in [0.5, 0.6) is 0 Å². The fourth-order valence-corrected chi connectivity index (χ4v) is 4.00. The van der Waals surface area contributed by atoms with Crippen LogP contribution >= 0.6 is 0 Å². The Kier molecular flexibility index (Phi) is 8.87. The Morgan fingerprint density at radius 2 is 2.00 bits per heavy atom. The molecule has 5 N–H and O–H groups in total. The molecule has 9 heteroatoms. The van der Waals surface area contributed by atoms with Crippen LogP contribution in [0.1, 0.15) is 18.9 Å². The smallest absolute Gasteiger partial charge is 0.262 e. The number of amides is 1. The average Bonchev–Trinajstić information content (AvgIpc) is 3.07. The van der Waals surface area contributed by atoms with Crippen LogP contribution in [0.15, 0.2) is 53.7 Å². The molecule has 0 atom stereocenters. The van der Waals surface area contributed by atoms with Gasteiger partial charge in [-0.05, 0) is 43.3 Å². The number of aliphatic hydroxyl groups excluding tert-OH is 1. The number of nitriles is 1. The molecule has 0 aromatic heterocycles. The number of benzene rings is 2. The second-order valence-corrected chi connectivity index (χ2v) is 8.14. The second kappa shape index (κ2) is 12.0. The number of rotatable bonds is 8. The fraction of sp³-hybridized carbons (Fsp3) is 0.320. The fourth-order valence-electron chi connectivity index (χ4n) is 4.00. The molecule has 1 aliphatic rings. The molecule has 0 unspecified atom stereocenters. The third-order valence-electron chi connectivity index (χ3n) is 5.79. The third-order valence-corrected chi connectivity index (χ3v) is 5.79. The molecular formula is C25H30FN6O2+. The molecule has 0 aliphatic carbocycles. The average molecular weight is 466 g/mol. The second-order valence-electron chi connectivity index (χ2n) is 8.14. The van der Waals surface area contributed by atoms with Crippen LogP contribution in [0.25, 0.3) is 0 Å². The van der Waals surface area contributed by atoms with E-state index in [4.69, 9.17) is 5.41 Å². The highest BCUT2D eigenvalue weighted by atomic mass is 19.1. The summed E-state index contributed by atoms with van der Waals surface area (Å²) in [6.45, 7) is 5.75. The van der Waals surface area contributed by atoms with E-state index in [0.29, 0.717) is 23.5 Å². The molecular weight excluding hydrogens is 435 g/mol. The molecule has 0 bridgehead atoms. The monoisotopic (exact) mass is 465 g/mol. The zero-order valence-electron chi connectivity index (χ0n) is 19.2. The highest BCUT2D eigenvalue weighted by Gasteiger charge is 2.19. The van der Waals surface area contributed by atoms with Crippen molar-refractivity contribution in [3.05, 3.63) is 65.1 Å². The summed E-state index contributed by atoms with van der Waals surface area (Å²) in [6.07, 6.45) is 1.92. The lowest BCUT2D eigenvalue weighted by atomic mass is 10.1. The van der Waals surface area contributed by atoms with Crippen LogP contribution in [-0.2, 0) is 4.79 Å². The van der Waals surface area contributed by atoms with Crippen molar-refractivity contribution in [3.63, 3.8) is 0 Å². The number of quaternary nitrogens is 1. The number of nitrogens with zero attached hydrogens (tertiary/aromatic N) is 3. The lowest BCUT2D eigenvalue weighted by Gasteiger charge is -2.24. The molecule has 0 saturated carbocycles. The number of halogens is 1. The molecule has 1 saturated heterocycles. The highest BCUT2D eigenvalue weighted by molar-refractivity contribution is 6.17. The Morgan fingerprint density at radius 3 is 2.68 bits per heavy atom. The van der Waals surface area contributed by atoms with Crippen molar-refractivity contribution < 1.29 is 19.6 Å². The van der Waals surface area contributed by atoms with Gasteiger partial charge in [-0.1, -0.05) is 0 Å². The molecule has 178 valence electrons. The predicted octanol–water partition coefficient (Wildman–Crippen LogP) is 1.96. The first-order valence-corrected chi connectivity index (χ1v) is 11.2. The molecule has 34 heavy (non-hydrogen) atoms. The Bertz CT molecular complexity index is 1090. The quantitative estimate of drug-likeness (QED) is 0.270. The Balaban J connectivity index is 1.73. The van der Waals surface area contributed by atoms with E-state index in [9.17, 15) is 19.6 Å². The zero-order valence-corrected chi connectivity index (χ0v) is 19.2. The van der Waals surface area contributed by atoms with Gasteiger partial charge in [0.05, 0.1) is 17.9 Å². The number of carbonyl (C=O) groups is 1. The van der Waals surface area contributed by atoms with Gasteiger partial charge in [0.1, 0.15) is 28.8 Å². The van der Waals surface area contributed by atoms with E-state index < -0.39 is 5.91 Å². The molecule has 1 amide bonds. The van der Waals surface area contributed by atoms with Crippen LogP contribution < -0.4 is 15.5 Å². The maximum Gasteiger partial charge on any atom is 0.262 e. The number of nitrogens with one attached hydrogen (secondary N) is 2. The maximum absolute atomic E-state index is 13.1.